The topological polar surface area (TPSA) is 82.3 Å². The first-order valence-electron chi connectivity index (χ1n) is 3.24. The molecule has 0 aromatic carbocycles. The molecule has 66 valence electrons. The summed E-state index contributed by atoms with van der Waals surface area (Å²) in [6, 6.07) is 1.59. The fraction of sp³-hybridized carbons (Fsp3) is 0.333. The van der Waals surface area contributed by atoms with Crippen LogP contribution in [0.2, 0.25) is 0 Å². The maximum absolute atomic E-state index is 5.20. The molecule has 0 saturated heterocycles. The zero-order chi connectivity index (χ0) is 8.97. The van der Waals surface area contributed by atoms with Gasteiger partial charge in [0.2, 0.25) is 5.88 Å². The van der Waals surface area contributed by atoms with Crippen LogP contribution in [0.3, 0.4) is 0 Å². The number of methoxy groups -OCH3 is 2. The summed E-state index contributed by atoms with van der Waals surface area (Å²) in [6.45, 7) is 0. The molecule has 0 fully saturated rings. The number of hydrogen-bond donors (Lipinski definition) is 2. The lowest BCUT2D eigenvalue weighted by molar-refractivity contribution is 0.369. The van der Waals surface area contributed by atoms with Crippen LogP contribution in [-0.4, -0.2) is 24.4 Å². The molecule has 6 heteroatoms. The van der Waals surface area contributed by atoms with Gasteiger partial charge < -0.3 is 14.9 Å². The quantitative estimate of drug-likeness (QED) is 0.482. The Balaban J connectivity index is 3.02. The highest BCUT2D eigenvalue weighted by atomic mass is 16.5. The van der Waals surface area contributed by atoms with E-state index in [1.54, 1.807) is 6.07 Å². The van der Waals surface area contributed by atoms with Gasteiger partial charge in [0.15, 0.2) is 0 Å². The average Bonchev–Trinajstić information content (AvgIpc) is 2.16. The van der Waals surface area contributed by atoms with E-state index in [-0.39, 0.29) is 0 Å². The van der Waals surface area contributed by atoms with E-state index in [0.29, 0.717) is 17.4 Å². The number of anilines is 1. The summed E-state index contributed by atoms with van der Waals surface area (Å²) < 4.78 is 9.70. The predicted octanol–water partition coefficient (Wildman–Crippen LogP) is -0.221. The first kappa shape index (κ1) is 8.54. The number of ether oxygens (including phenoxy) is 2. The zero-order valence-corrected chi connectivity index (χ0v) is 6.87. The molecule has 0 amide bonds. The van der Waals surface area contributed by atoms with Crippen LogP contribution in [0, 0.1) is 0 Å². The third-order valence-corrected chi connectivity index (χ3v) is 1.30. The van der Waals surface area contributed by atoms with Crippen molar-refractivity contribution < 1.29 is 9.47 Å². The fourth-order valence-electron chi connectivity index (χ4n) is 0.717. The van der Waals surface area contributed by atoms with Crippen molar-refractivity contribution in [3.63, 3.8) is 0 Å². The molecule has 0 radical (unpaired) electrons. The van der Waals surface area contributed by atoms with E-state index in [1.807, 2.05) is 0 Å². The normalized spacial score (nSPS) is 9.25. The van der Waals surface area contributed by atoms with Crippen LogP contribution in [0.1, 0.15) is 0 Å². The Hall–Kier alpha value is -1.56. The standard InChI is InChI=1S/C6H10N4O2/c1-11-5-3-4(8-7)6(12-2)10-9-5/h3H,7H2,1-2H3,(H,8,9). The molecule has 0 saturated carbocycles. The van der Waals surface area contributed by atoms with Gasteiger partial charge in [-0.3, -0.25) is 5.84 Å². The summed E-state index contributed by atoms with van der Waals surface area (Å²) >= 11 is 0. The number of nitrogen functional groups attached to an aromatic ring is 1. The van der Waals surface area contributed by atoms with Gasteiger partial charge in [-0.05, 0) is 0 Å². The van der Waals surface area contributed by atoms with E-state index in [1.165, 1.54) is 14.2 Å². The molecule has 0 aliphatic heterocycles. The number of hydrogen-bond acceptors (Lipinski definition) is 6. The van der Waals surface area contributed by atoms with E-state index in [0.717, 1.165) is 0 Å². The third kappa shape index (κ3) is 1.54. The van der Waals surface area contributed by atoms with E-state index in [9.17, 15) is 0 Å². The van der Waals surface area contributed by atoms with Gasteiger partial charge in [0.05, 0.1) is 14.2 Å². The minimum atomic E-state index is 0.332. The van der Waals surface area contributed by atoms with E-state index in [4.69, 9.17) is 15.3 Å². The molecular formula is C6H10N4O2. The molecule has 0 unspecified atom stereocenters. The Morgan fingerprint density at radius 3 is 2.58 bits per heavy atom. The second-order valence-corrected chi connectivity index (χ2v) is 1.95. The van der Waals surface area contributed by atoms with Crippen molar-refractivity contribution in [2.75, 3.05) is 19.6 Å². The van der Waals surface area contributed by atoms with Crippen LogP contribution in [0.5, 0.6) is 11.8 Å². The second kappa shape index (κ2) is 3.72. The van der Waals surface area contributed by atoms with Crippen molar-refractivity contribution in [1.29, 1.82) is 0 Å². The molecular weight excluding hydrogens is 160 g/mol. The van der Waals surface area contributed by atoms with Crippen LogP contribution >= 0.6 is 0 Å². The Labute approximate surface area is 69.7 Å². The van der Waals surface area contributed by atoms with Crippen LogP contribution in [0.25, 0.3) is 0 Å². The van der Waals surface area contributed by atoms with Gasteiger partial charge in [-0.2, -0.15) is 0 Å². The van der Waals surface area contributed by atoms with Crippen molar-refractivity contribution >= 4 is 5.69 Å². The highest BCUT2D eigenvalue weighted by Gasteiger charge is 2.05. The lowest BCUT2D eigenvalue weighted by Crippen LogP contribution is -2.09. The van der Waals surface area contributed by atoms with Gasteiger partial charge in [0.1, 0.15) is 5.69 Å². The van der Waals surface area contributed by atoms with Crippen molar-refractivity contribution in [3.8, 4) is 11.8 Å². The SMILES string of the molecule is COc1cc(NN)c(OC)nn1. The highest BCUT2D eigenvalue weighted by Crippen LogP contribution is 2.22. The highest BCUT2D eigenvalue weighted by molar-refractivity contribution is 5.52. The molecule has 1 heterocycles. The van der Waals surface area contributed by atoms with E-state index >= 15 is 0 Å². The fourth-order valence-corrected chi connectivity index (χ4v) is 0.717. The number of rotatable bonds is 3. The van der Waals surface area contributed by atoms with Crippen LogP contribution in [0.15, 0.2) is 6.07 Å². The van der Waals surface area contributed by atoms with E-state index in [2.05, 4.69) is 15.6 Å². The molecule has 3 N–H and O–H groups in total. The molecule has 6 nitrogen and oxygen atoms in total. The predicted molar refractivity (Wildman–Crippen MR) is 42.9 cm³/mol. The maximum atomic E-state index is 5.20. The number of nitrogens with two attached hydrogens (primary N) is 1. The molecule has 0 aliphatic rings. The lowest BCUT2D eigenvalue weighted by atomic mass is 10.4. The summed E-state index contributed by atoms with van der Waals surface area (Å²) in [5, 5.41) is 7.38. The van der Waals surface area contributed by atoms with Crippen LogP contribution < -0.4 is 20.7 Å². The van der Waals surface area contributed by atoms with Gasteiger partial charge in [-0.25, -0.2) is 0 Å². The van der Waals surface area contributed by atoms with Gasteiger partial charge in [-0.15, -0.1) is 10.2 Å². The minimum absolute atomic E-state index is 0.332. The van der Waals surface area contributed by atoms with Crippen molar-refractivity contribution in [1.82, 2.24) is 10.2 Å². The summed E-state index contributed by atoms with van der Waals surface area (Å²) in [6.07, 6.45) is 0. The smallest absolute Gasteiger partial charge is 0.258 e. The Kier molecular flexibility index (Phi) is 2.65. The number of nitrogens with zero attached hydrogens (tertiary/aromatic N) is 2. The molecule has 0 bridgehead atoms. The number of nitrogens with one attached hydrogen (secondary N) is 1. The van der Waals surface area contributed by atoms with Crippen LogP contribution in [0.4, 0.5) is 5.69 Å². The average molecular weight is 170 g/mol. The summed E-state index contributed by atoms with van der Waals surface area (Å²) in [7, 11) is 2.98. The molecule has 1 aromatic rings. The third-order valence-electron chi connectivity index (χ3n) is 1.30. The maximum Gasteiger partial charge on any atom is 0.258 e. The molecule has 0 spiro atoms. The van der Waals surface area contributed by atoms with Crippen LogP contribution in [-0.2, 0) is 0 Å². The van der Waals surface area contributed by atoms with Gasteiger partial charge in [-0.1, -0.05) is 0 Å². The first-order valence-corrected chi connectivity index (χ1v) is 3.24. The van der Waals surface area contributed by atoms with Gasteiger partial charge in [0.25, 0.3) is 5.88 Å². The first-order chi connectivity index (χ1) is 5.81. The van der Waals surface area contributed by atoms with Crippen molar-refractivity contribution in [2.24, 2.45) is 5.84 Å². The largest absolute Gasteiger partial charge is 0.480 e. The summed E-state index contributed by atoms with van der Waals surface area (Å²) in [5.74, 6) is 5.91. The molecule has 1 rings (SSSR count). The second-order valence-electron chi connectivity index (χ2n) is 1.95. The van der Waals surface area contributed by atoms with Crippen molar-refractivity contribution in [2.45, 2.75) is 0 Å². The van der Waals surface area contributed by atoms with E-state index < -0.39 is 0 Å². The Morgan fingerprint density at radius 2 is 2.08 bits per heavy atom. The monoisotopic (exact) mass is 170 g/mol. The molecule has 0 aliphatic carbocycles. The minimum Gasteiger partial charge on any atom is -0.480 e. The van der Waals surface area contributed by atoms with Gasteiger partial charge >= 0.3 is 0 Å². The lowest BCUT2D eigenvalue weighted by Gasteiger charge is -2.05. The molecule has 12 heavy (non-hydrogen) atoms. The Bertz CT molecular complexity index is 266. The molecule has 0 atom stereocenters. The Morgan fingerprint density at radius 1 is 1.33 bits per heavy atom. The number of hydrazine groups is 1. The van der Waals surface area contributed by atoms with Crippen molar-refractivity contribution in [3.05, 3.63) is 6.07 Å². The summed E-state index contributed by atoms with van der Waals surface area (Å²) in [5.41, 5.74) is 2.95. The zero-order valence-electron chi connectivity index (χ0n) is 6.87. The number of aromatic nitrogens is 2. The molecule has 1 aromatic heterocycles. The summed E-state index contributed by atoms with van der Waals surface area (Å²) in [4.78, 5) is 0. The van der Waals surface area contributed by atoms with Gasteiger partial charge in [0, 0.05) is 6.07 Å².